The maximum atomic E-state index is 12.3. The summed E-state index contributed by atoms with van der Waals surface area (Å²) in [7, 11) is 0. The molecule has 5 heteroatoms. The fraction of sp³-hybridized carbons (Fsp3) is 0.533. The molecule has 1 aliphatic carbocycles. The van der Waals surface area contributed by atoms with Crippen molar-refractivity contribution in [2.75, 3.05) is 12.4 Å². The molecule has 0 spiro atoms. The summed E-state index contributed by atoms with van der Waals surface area (Å²) in [6.07, 6.45) is 4.86. The molecule has 1 fully saturated rings. The molecule has 1 aromatic carbocycles. The fourth-order valence-electron chi connectivity index (χ4n) is 2.75. The van der Waals surface area contributed by atoms with E-state index in [1.807, 2.05) is 18.2 Å². The second-order valence-corrected chi connectivity index (χ2v) is 7.37. The van der Waals surface area contributed by atoms with Crippen LogP contribution in [-0.4, -0.2) is 18.3 Å². The number of carbonyl (C=O) groups excluding carboxylic acids is 1. The van der Waals surface area contributed by atoms with Gasteiger partial charge in [0.25, 0.3) is 5.91 Å². The molecule has 1 amide bonds. The lowest BCUT2D eigenvalue weighted by atomic mass is 9.80. The van der Waals surface area contributed by atoms with Crippen LogP contribution in [0.4, 0.5) is 0 Å². The van der Waals surface area contributed by atoms with E-state index in [-0.39, 0.29) is 5.91 Å². The van der Waals surface area contributed by atoms with E-state index in [9.17, 15) is 4.79 Å². The van der Waals surface area contributed by atoms with Crippen LogP contribution in [0.2, 0.25) is 0 Å². The van der Waals surface area contributed by atoms with Gasteiger partial charge < -0.3 is 5.32 Å². The van der Waals surface area contributed by atoms with Crippen LogP contribution in [0, 0.1) is 11.8 Å². The average Bonchev–Trinajstić information content (AvgIpc) is 2.47. The Morgan fingerprint density at radius 2 is 1.95 bits per heavy atom. The maximum Gasteiger partial charge on any atom is 0.252 e. The first-order valence-electron chi connectivity index (χ1n) is 6.91. The largest absolute Gasteiger partial charge is 0.352 e. The summed E-state index contributed by atoms with van der Waals surface area (Å²) in [6.45, 7) is 0.717. The van der Waals surface area contributed by atoms with Gasteiger partial charge in [-0.05, 0) is 58.8 Å². The Morgan fingerprint density at radius 3 is 2.65 bits per heavy atom. The van der Waals surface area contributed by atoms with Gasteiger partial charge >= 0.3 is 0 Å². The van der Waals surface area contributed by atoms with Gasteiger partial charge in [-0.25, -0.2) is 0 Å². The van der Waals surface area contributed by atoms with E-state index < -0.39 is 0 Å². The molecule has 0 heterocycles. The molecule has 0 aromatic heterocycles. The van der Waals surface area contributed by atoms with Gasteiger partial charge in [-0.1, -0.05) is 28.8 Å². The smallest absolute Gasteiger partial charge is 0.252 e. The lowest BCUT2D eigenvalue weighted by molar-refractivity contribution is 0.0936. The monoisotopic (exact) mass is 421 g/mol. The van der Waals surface area contributed by atoms with E-state index >= 15 is 0 Å². The lowest BCUT2D eigenvalue weighted by Crippen LogP contribution is -2.35. The molecule has 0 radical (unpaired) electrons. The van der Waals surface area contributed by atoms with Crippen molar-refractivity contribution in [2.45, 2.75) is 25.7 Å². The van der Waals surface area contributed by atoms with Crippen molar-refractivity contribution >= 4 is 49.4 Å². The number of alkyl halides is 1. The molecule has 0 saturated heterocycles. The van der Waals surface area contributed by atoms with E-state index in [2.05, 4.69) is 37.2 Å². The fourth-order valence-corrected chi connectivity index (χ4v) is 3.94. The third kappa shape index (κ3) is 4.22. The van der Waals surface area contributed by atoms with Gasteiger partial charge in [0.05, 0.1) is 5.56 Å². The second-order valence-electron chi connectivity index (χ2n) is 5.29. The summed E-state index contributed by atoms with van der Waals surface area (Å²) < 4.78 is 1.72. The highest BCUT2D eigenvalue weighted by Crippen LogP contribution is 2.30. The van der Waals surface area contributed by atoms with Crippen molar-refractivity contribution in [3.8, 4) is 0 Å². The highest BCUT2D eigenvalue weighted by Gasteiger charge is 2.25. The van der Waals surface area contributed by atoms with Crippen LogP contribution < -0.4 is 5.32 Å². The number of carbonyl (C=O) groups is 1. The molecule has 20 heavy (non-hydrogen) atoms. The van der Waals surface area contributed by atoms with E-state index in [1.165, 1.54) is 19.3 Å². The van der Waals surface area contributed by atoms with Crippen molar-refractivity contribution in [1.29, 1.82) is 0 Å². The minimum absolute atomic E-state index is 0.0305. The van der Waals surface area contributed by atoms with E-state index in [1.54, 1.807) is 0 Å². The molecule has 0 bridgehead atoms. The van der Waals surface area contributed by atoms with Crippen molar-refractivity contribution in [1.82, 2.24) is 5.32 Å². The van der Waals surface area contributed by atoms with Gasteiger partial charge in [0.1, 0.15) is 0 Å². The van der Waals surface area contributed by atoms with E-state index in [4.69, 9.17) is 11.6 Å². The van der Waals surface area contributed by atoms with Crippen LogP contribution in [0.5, 0.6) is 0 Å². The Labute approximate surface area is 141 Å². The number of hydrogen-bond acceptors (Lipinski definition) is 1. The molecule has 1 N–H and O–H groups in total. The van der Waals surface area contributed by atoms with Gasteiger partial charge in [-0.2, -0.15) is 0 Å². The van der Waals surface area contributed by atoms with Crippen LogP contribution in [0.15, 0.2) is 27.1 Å². The predicted octanol–water partition coefficient (Wildman–Crippen LogP) is 4.99. The Hall–Kier alpha value is -0.0600. The first kappa shape index (κ1) is 16.3. The van der Waals surface area contributed by atoms with Crippen LogP contribution >= 0.6 is 43.5 Å². The number of amides is 1. The molecule has 1 aliphatic rings. The first-order chi connectivity index (χ1) is 9.61. The van der Waals surface area contributed by atoms with Crippen LogP contribution in [-0.2, 0) is 0 Å². The topological polar surface area (TPSA) is 29.1 Å². The highest BCUT2D eigenvalue weighted by molar-refractivity contribution is 9.11. The van der Waals surface area contributed by atoms with Gasteiger partial charge in [0, 0.05) is 21.4 Å². The minimum Gasteiger partial charge on any atom is -0.352 e. The normalized spacial score (nSPS) is 22.6. The third-order valence-electron chi connectivity index (χ3n) is 3.96. The molecule has 110 valence electrons. The summed E-state index contributed by atoms with van der Waals surface area (Å²) in [5, 5.41) is 3.05. The SMILES string of the molecule is O=C(NCC1CCCCC1CCl)c1cc(Br)ccc1Br. The number of hydrogen-bond donors (Lipinski definition) is 1. The van der Waals surface area contributed by atoms with E-state index in [0.29, 0.717) is 23.3 Å². The second kappa shape index (κ2) is 7.81. The molecule has 2 atom stereocenters. The number of rotatable bonds is 4. The van der Waals surface area contributed by atoms with Gasteiger partial charge in [0.15, 0.2) is 0 Å². The van der Waals surface area contributed by atoms with Gasteiger partial charge in [0.2, 0.25) is 0 Å². The summed E-state index contributed by atoms with van der Waals surface area (Å²) in [6, 6.07) is 5.62. The van der Waals surface area contributed by atoms with Gasteiger partial charge in [-0.3, -0.25) is 4.79 Å². The van der Waals surface area contributed by atoms with Crippen molar-refractivity contribution in [2.24, 2.45) is 11.8 Å². The van der Waals surface area contributed by atoms with Crippen LogP contribution in [0.1, 0.15) is 36.0 Å². The molecular formula is C15H18Br2ClNO. The molecule has 2 nitrogen and oxygen atoms in total. The van der Waals surface area contributed by atoms with Crippen molar-refractivity contribution in [3.05, 3.63) is 32.7 Å². The zero-order valence-electron chi connectivity index (χ0n) is 11.2. The molecule has 0 aliphatic heterocycles. The molecule has 1 aromatic rings. The Morgan fingerprint density at radius 1 is 1.25 bits per heavy atom. The van der Waals surface area contributed by atoms with E-state index in [0.717, 1.165) is 21.9 Å². The number of benzene rings is 1. The zero-order valence-corrected chi connectivity index (χ0v) is 15.1. The number of nitrogens with one attached hydrogen (secondary N) is 1. The summed E-state index contributed by atoms with van der Waals surface area (Å²) in [4.78, 5) is 12.3. The Kier molecular flexibility index (Phi) is 6.37. The standard InChI is InChI=1S/C15H18Br2ClNO/c16-12-5-6-14(17)13(7-12)15(20)19-9-11-4-2-1-3-10(11)8-18/h5-7,10-11H,1-4,8-9H2,(H,19,20). The van der Waals surface area contributed by atoms with Crippen LogP contribution in [0.25, 0.3) is 0 Å². The predicted molar refractivity (Wildman–Crippen MR) is 90.3 cm³/mol. The quantitative estimate of drug-likeness (QED) is 0.680. The Bertz CT molecular complexity index is 481. The third-order valence-corrected chi connectivity index (χ3v) is 5.54. The maximum absolute atomic E-state index is 12.3. The zero-order chi connectivity index (χ0) is 14.5. The molecular weight excluding hydrogens is 405 g/mol. The molecule has 2 rings (SSSR count). The van der Waals surface area contributed by atoms with Crippen molar-refractivity contribution in [3.63, 3.8) is 0 Å². The average molecular weight is 424 g/mol. The molecule has 1 saturated carbocycles. The summed E-state index contributed by atoms with van der Waals surface area (Å²) >= 11 is 12.8. The summed E-state index contributed by atoms with van der Waals surface area (Å²) in [5.41, 5.74) is 0.664. The lowest BCUT2D eigenvalue weighted by Gasteiger charge is -2.30. The minimum atomic E-state index is -0.0305. The number of halogens is 3. The molecule has 2 unspecified atom stereocenters. The van der Waals surface area contributed by atoms with Crippen molar-refractivity contribution < 1.29 is 4.79 Å². The highest BCUT2D eigenvalue weighted by atomic mass is 79.9. The summed E-state index contributed by atoms with van der Waals surface area (Å²) in [5.74, 6) is 1.71. The first-order valence-corrected chi connectivity index (χ1v) is 9.03. The van der Waals surface area contributed by atoms with Gasteiger partial charge in [-0.15, -0.1) is 11.6 Å². The van der Waals surface area contributed by atoms with Crippen LogP contribution in [0.3, 0.4) is 0 Å². The Balaban J connectivity index is 1.96.